The van der Waals surface area contributed by atoms with Gasteiger partial charge in [0.15, 0.2) is 6.29 Å². The summed E-state index contributed by atoms with van der Waals surface area (Å²) < 4.78 is 4.95. The van der Waals surface area contributed by atoms with Crippen LogP contribution in [0.25, 0.3) is 0 Å². The fourth-order valence-corrected chi connectivity index (χ4v) is 0.477. The number of aliphatic hydroxyl groups is 2. The molecule has 0 aliphatic rings. The van der Waals surface area contributed by atoms with Gasteiger partial charge in [-0.15, -0.1) is 0 Å². The van der Waals surface area contributed by atoms with Crippen molar-refractivity contribution in [2.24, 2.45) is 5.41 Å². The fraction of sp³-hybridized carbons (Fsp3) is 1.00. The Labute approximate surface area is 68.0 Å². The maximum atomic E-state index is 8.84. The van der Waals surface area contributed by atoms with Crippen molar-refractivity contribution in [1.82, 2.24) is 0 Å². The van der Waals surface area contributed by atoms with Crippen LogP contribution in [-0.4, -0.2) is 29.7 Å². The maximum absolute atomic E-state index is 8.84. The lowest BCUT2D eigenvalue weighted by molar-refractivity contribution is -0.142. The number of hydrogen-bond acceptors (Lipinski definition) is 3. The molecular formula is C8H18O3. The van der Waals surface area contributed by atoms with Crippen molar-refractivity contribution in [3.05, 3.63) is 0 Å². The van der Waals surface area contributed by atoms with Gasteiger partial charge in [0.05, 0.1) is 13.2 Å². The van der Waals surface area contributed by atoms with Gasteiger partial charge in [-0.3, -0.25) is 0 Å². The third-order valence-electron chi connectivity index (χ3n) is 1.78. The summed E-state index contributed by atoms with van der Waals surface area (Å²) >= 11 is 0. The van der Waals surface area contributed by atoms with Crippen LogP contribution in [0.3, 0.4) is 0 Å². The third-order valence-corrected chi connectivity index (χ3v) is 1.78. The molecule has 0 aliphatic carbocycles. The van der Waals surface area contributed by atoms with E-state index in [9.17, 15) is 0 Å². The molecule has 0 rings (SSSR count). The van der Waals surface area contributed by atoms with Gasteiger partial charge in [-0.05, 0) is 11.8 Å². The molecule has 0 amide bonds. The summed E-state index contributed by atoms with van der Waals surface area (Å²) in [6, 6.07) is 0. The Kier molecular flexibility index (Phi) is 4.65. The Morgan fingerprint density at radius 2 is 2.00 bits per heavy atom. The van der Waals surface area contributed by atoms with E-state index < -0.39 is 6.29 Å². The first-order valence-corrected chi connectivity index (χ1v) is 3.92. The van der Waals surface area contributed by atoms with E-state index in [2.05, 4.69) is 20.8 Å². The summed E-state index contributed by atoms with van der Waals surface area (Å²) in [6.07, 6.45) is -0.0358. The minimum Gasteiger partial charge on any atom is -0.391 e. The summed E-state index contributed by atoms with van der Waals surface area (Å²) in [6.45, 7) is 6.31. The summed E-state index contributed by atoms with van der Waals surface area (Å²) in [5, 5.41) is 17.3. The molecule has 0 aromatic heterocycles. The van der Waals surface area contributed by atoms with E-state index in [1.165, 1.54) is 0 Å². The summed E-state index contributed by atoms with van der Waals surface area (Å²) in [4.78, 5) is 0. The lowest BCUT2D eigenvalue weighted by Crippen LogP contribution is -2.25. The molecule has 0 bridgehead atoms. The van der Waals surface area contributed by atoms with E-state index in [0.29, 0.717) is 6.61 Å². The van der Waals surface area contributed by atoms with Gasteiger partial charge in [0, 0.05) is 0 Å². The van der Waals surface area contributed by atoms with E-state index in [-0.39, 0.29) is 12.0 Å². The largest absolute Gasteiger partial charge is 0.391 e. The molecule has 0 aliphatic heterocycles. The molecule has 68 valence electrons. The minimum atomic E-state index is -1.03. The quantitative estimate of drug-likeness (QED) is 0.586. The number of hydrogen-bond donors (Lipinski definition) is 2. The number of aliphatic hydroxyl groups excluding tert-OH is 2. The topological polar surface area (TPSA) is 49.7 Å². The Bertz CT molecular complexity index is 102. The highest BCUT2D eigenvalue weighted by molar-refractivity contribution is 4.64. The molecule has 0 aromatic carbocycles. The van der Waals surface area contributed by atoms with Crippen LogP contribution in [0.15, 0.2) is 0 Å². The van der Waals surface area contributed by atoms with Gasteiger partial charge >= 0.3 is 0 Å². The lowest BCUT2D eigenvalue weighted by Gasteiger charge is -2.23. The SMILES string of the molecule is CCC(C)(C)COC(O)CO. The predicted octanol–water partition coefficient (Wildman–Crippen LogP) is 0.750. The fourth-order valence-electron chi connectivity index (χ4n) is 0.477. The molecule has 1 atom stereocenters. The zero-order chi connectivity index (χ0) is 8.91. The molecule has 1 unspecified atom stereocenters. The zero-order valence-electron chi connectivity index (χ0n) is 7.50. The lowest BCUT2D eigenvalue weighted by atomic mass is 9.92. The predicted molar refractivity (Wildman–Crippen MR) is 43.1 cm³/mol. The van der Waals surface area contributed by atoms with E-state index in [4.69, 9.17) is 14.9 Å². The Hall–Kier alpha value is -0.120. The normalized spacial score (nSPS) is 15.0. The molecule has 0 fully saturated rings. The van der Waals surface area contributed by atoms with Gasteiger partial charge in [0.25, 0.3) is 0 Å². The summed E-state index contributed by atoms with van der Waals surface area (Å²) in [7, 11) is 0. The van der Waals surface area contributed by atoms with Crippen molar-refractivity contribution in [2.75, 3.05) is 13.2 Å². The highest BCUT2D eigenvalue weighted by atomic mass is 16.6. The van der Waals surface area contributed by atoms with Crippen molar-refractivity contribution in [2.45, 2.75) is 33.5 Å². The minimum absolute atomic E-state index is 0.0795. The zero-order valence-corrected chi connectivity index (χ0v) is 7.50. The second-order valence-electron chi connectivity index (χ2n) is 3.47. The molecule has 0 aromatic rings. The van der Waals surface area contributed by atoms with Gasteiger partial charge in [0.2, 0.25) is 0 Å². The van der Waals surface area contributed by atoms with Gasteiger partial charge in [0.1, 0.15) is 0 Å². The standard InChI is InChI=1S/C8H18O3/c1-4-8(2,3)6-11-7(10)5-9/h7,9-10H,4-6H2,1-3H3. The van der Waals surface area contributed by atoms with Crippen molar-refractivity contribution >= 4 is 0 Å². The van der Waals surface area contributed by atoms with Crippen molar-refractivity contribution in [1.29, 1.82) is 0 Å². The van der Waals surface area contributed by atoms with Crippen LogP contribution in [-0.2, 0) is 4.74 Å². The molecule has 0 spiro atoms. The van der Waals surface area contributed by atoms with Crippen molar-refractivity contribution in [3.8, 4) is 0 Å². The van der Waals surface area contributed by atoms with Gasteiger partial charge in [-0.2, -0.15) is 0 Å². The number of rotatable bonds is 5. The van der Waals surface area contributed by atoms with Crippen molar-refractivity contribution in [3.63, 3.8) is 0 Å². The molecule has 0 saturated heterocycles. The Morgan fingerprint density at radius 1 is 1.45 bits per heavy atom. The first kappa shape index (κ1) is 10.9. The van der Waals surface area contributed by atoms with E-state index in [1.54, 1.807) is 0 Å². The highest BCUT2D eigenvalue weighted by Crippen LogP contribution is 2.19. The Morgan fingerprint density at radius 3 is 2.36 bits per heavy atom. The molecular weight excluding hydrogens is 144 g/mol. The third kappa shape index (κ3) is 5.18. The second-order valence-corrected chi connectivity index (χ2v) is 3.47. The number of ether oxygens (including phenoxy) is 1. The first-order valence-electron chi connectivity index (χ1n) is 3.92. The average molecular weight is 162 g/mol. The van der Waals surface area contributed by atoms with Crippen LogP contribution >= 0.6 is 0 Å². The molecule has 2 N–H and O–H groups in total. The summed E-state index contributed by atoms with van der Waals surface area (Å²) in [5.74, 6) is 0. The maximum Gasteiger partial charge on any atom is 0.177 e. The highest BCUT2D eigenvalue weighted by Gasteiger charge is 2.16. The molecule has 0 heterocycles. The van der Waals surface area contributed by atoms with Crippen LogP contribution in [0.2, 0.25) is 0 Å². The van der Waals surface area contributed by atoms with Crippen molar-refractivity contribution < 1.29 is 14.9 Å². The van der Waals surface area contributed by atoms with E-state index >= 15 is 0 Å². The van der Waals surface area contributed by atoms with Gasteiger partial charge < -0.3 is 14.9 Å². The van der Waals surface area contributed by atoms with Crippen LogP contribution in [0.4, 0.5) is 0 Å². The monoisotopic (exact) mass is 162 g/mol. The smallest absolute Gasteiger partial charge is 0.177 e. The summed E-state index contributed by atoms with van der Waals surface area (Å²) in [5.41, 5.74) is 0.0795. The first-order chi connectivity index (χ1) is 5.02. The van der Waals surface area contributed by atoms with Gasteiger partial charge in [-0.25, -0.2) is 0 Å². The van der Waals surface area contributed by atoms with Crippen LogP contribution in [0.1, 0.15) is 27.2 Å². The second kappa shape index (κ2) is 4.70. The Balaban J connectivity index is 3.52. The average Bonchev–Trinajstić information content (AvgIpc) is 2.00. The van der Waals surface area contributed by atoms with Gasteiger partial charge in [-0.1, -0.05) is 20.8 Å². The van der Waals surface area contributed by atoms with Crippen LogP contribution in [0.5, 0.6) is 0 Å². The van der Waals surface area contributed by atoms with E-state index in [0.717, 1.165) is 6.42 Å². The van der Waals surface area contributed by atoms with Crippen LogP contribution < -0.4 is 0 Å². The molecule has 3 heteroatoms. The molecule has 0 saturated carbocycles. The molecule has 11 heavy (non-hydrogen) atoms. The van der Waals surface area contributed by atoms with E-state index in [1.807, 2.05) is 0 Å². The molecule has 3 nitrogen and oxygen atoms in total. The molecule has 0 radical (unpaired) electrons. The van der Waals surface area contributed by atoms with Crippen LogP contribution in [0, 0.1) is 5.41 Å².